The summed E-state index contributed by atoms with van der Waals surface area (Å²) in [6.45, 7) is 15.6. The largest absolute Gasteiger partial charge is 0.364 e. The molecule has 3 N–H and O–H groups in total. The fourth-order valence-electron chi connectivity index (χ4n) is 8.32. The molecule has 2 saturated carbocycles. The van der Waals surface area contributed by atoms with Crippen LogP contribution in [0.15, 0.2) is 12.1 Å². The van der Waals surface area contributed by atoms with Crippen molar-refractivity contribution >= 4 is 25.7 Å². The van der Waals surface area contributed by atoms with Crippen molar-refractivity contribution in [1.82, 2.24) is 29.8 Å². The van der Waals surface area contributed by atoms with Gasteiger partial charge < -0.3 is 15.8 Å². The minimum atomic E-state index is -1.23. The van der Waals surface area contributed by atoms with Gasteiger partial charge in [0.2, 0.25) is 11.9 Å². The molecule has 11 nitrogen and oxygen atoms in total. The fraction of sp³-hybridized carbons (Fsp3) is 0.684. The van der Waals surface area contributed by atoms with Crippen molar-refractivity contribution < 1.29 is 18.7 Å². The highest BCUT2D eigenvalue weighted by Gasteiger charge is 2.44. The molecule has 280 valence electrons. The third-order valence-corrected chi connectivity index (χ3v) is 13.0. The molecule has 2 amide bonds. The maximum atomic E-state index is 15.9. The van der Waals surface area contributed by atoms with Gasteiger partial charge in [-0.25, -0.2) is 14.3 Å². The third kappa shape index (κ3) is 9.14. The standard InChI is InChI=1S/C38H59FN8O3Si/c1-8-24(2)47-35(37(40)48)34(43-45-47)33(32(27-15-11-9-12-16-27)28-17-13-10-14-18-28)38(49)42-30-20-19-29(36(39)41-30)31-25(3)44-46(26(31)4)23-50-21-22-51(5,6)7/h19-20,24,27-28,32-33H,8-18,21-23H2,1-7H3,(H2,40,48)(H,41,42,49)/t24?,33-/m0/s1. The van der Waals surface area contributed by atoms with Gasteiger partial charge >= 0.3 is 0 Å². The summed E-state index contributed by atoms with van der Waals surface area (Å²) >= 11 is 0. The lowest BCUT2D eigenvalue weighted by Gasteiger charge is -2.41. The number of aryl methyl sites for hydroxylation is 1. The Hall–Kier alpha value is -3.45. The first-order chi connectivity index (χ1) is 24.3. The number of ether oxygens (including phenoxy) is 1. The zero-order chi connectivity index (χ0) is 36.9. The number of carbonyl (C=O) groups is 2. The lowest BCUT2D eigenvalue weighted by atomic mass is 9.63. The number of halogens is 1. The average Bonchev–Trinajstić information content (AvgIpc) is 3.66. The molecule has 13 heteroatoms. The van der Waals surface area contributed by atoms with Gasteiger partial charge in [0.15, 0.2) is 5.69 Å². The van der Waals surface area contributed by atoms with Gasteiger partial charge in [0, 0.05) is 31.5 Å². The maximum absolute atomic E-state index is 15.9. The Balaban J connectivity index is 1.48. The molecule has 2 fully saturated rings. The highest BCUT2D eigenvalue weighted by molar-refractivity contribution is 6.76. The van der Waals surface area contributed by atoms with E-state index in [1.807, 2.05) is 27.7 Å². The van der Waals surface area contributed by atoms with E-state index >= 15 is 4.39 Å². The quantitative estimate of drug-likeness (QED) is 0.0915. The van der Waals surface area contributed by atoms with Crippen LogP contribution in [0.25, 0.3) is 11.1 Å². The average molecular weight is 723 g/mol. The first-order valence-corrected chi connectivity index (χ1v) is 22.9. The number of anilines is 1. The van der Waals surface area contributed by atoms with Gasteiger partial charge in [0.05, 0.1) is 17.7 Å². The molecule has 51 heavy (non-hydrogen) atoms. The van der Waals surface area contributed by atoms with Crippen molar-refractivity contribution in [3.8, 4) is 11.1 Å². The summed E-state index contributed by atoms with van der Waals surface area (Å²) in [5.41, 5.74) is 8.95. The van der Waals surface area contributed by atoms with Crippen molar-refractivity contribution in [2.45, 2.75) is 143 Å². The second-order valence-electron chi connectivity index (χ2n) is 16.2. The predicted octanol–water partition coefficient (Wildman–Crippen LogP) is 8.17. The molecule has 0 saturated heterocycles. The molecule has 0 radical (unpaired) electrons. The summed E-state index contributed by atoms with van der Waals surface area (Å²) in [6, 6.07) is 4.20. The molecular formula is C38H59FN8O3Si. The molecule has 2 aliphatic rings. The number of primary amides is 1. The molecule has 0 spiro atoms. The fourth-order valence-corrected chi connectivity index (χ4v) is 9.08. The van der Waals surface area contributed by atoms with Crippen LogP contribution in [0.4, 0.5) is 10.2 Å². The van der Waals surface area contributed by atoms with Crippen LogP contribution in [-0.4, -0.2) is 56.3 Å². The van der Waals surface area contributed by atoms with E-state index in [0.717, 1.165) is 63.1 Å². The molecule has 0 aromatic carbocycles. The molecule has 5 rings (SSSR count). The first kappa shape index (κ1) is 38.8. The highest BCUT2D eigenvalue weighted by Crippen LogP contribution is 2.47. The molecule has 3 aromatic heterocycles. The van der Waals surface area contributed by atoms with E-state index in [0.29, 0.717) is 54.1 Å². The Kier molecular flexibility index (Phi) is 12.9. The van der Waals surface area contributed by atoms with Crippen molar-refractivity contribution in [1.29, 1.82) is 0 Å². The summed E-state index contributed by atoms with van der Waals surface area (Å²) in [5.74, 6) is -1.87. The van der Waals surface area contributed by atoms with Crippen LogP contribution in [0.1, 0.15) is 124 Å². The van der Waals surface area contributed by atoms with Gasteiger partial charge in [-0.05, 0) is 63.1 Å². The van der Waals surface area contributed by atoms with Gasteiger partial charge in [0.25, 0.3) is 5.91 Å². The lowest BCUT2D eigenvalue weighted by Crippen LogP contribution is -2.39. The van der Waals surface area contributed by atoms with Crippen molar-refractivity contribution in [2.24, 2.45) is 23.5 Å². The van der Waals surface area contributed by atoms with E-state index in [1.54, 1.807) is 21.5 Å². The van der Waals surface area contributed by atoms with Gasteiger partial charge in [-0.2, -0.15) is 9.49 Å². The van der Waals surface area contributed by atoms with E-state index in [9.17, 15) is 9.59 Å². The monoisotopic (exact) mass is 722 g/mol. The van der Waals surface area contributed by atoms with Crippen LogP contribution in [0.3, 0.4) is 0 Å². The van der Waals surface area contributed by atoms with Crippen LogP contribution in [0.5, 0.6) is 0 Å². The summed E-state index contributed by atoms with van der Waals surface area (Å²) in [6.07, 6.45) is 11.6. The number of pyridine rings is 1. The van der Waals surface area contributed by atoms with Crippen molar-refractivity contribution in [3.63, 3.8) is 0 Å². The van der Waals surface area contributed by atoms with Crippen LogP contribution >= 0.6 is 0 Å². The van der Waals surface area contributed by atoms with E-state index in [-0.39, 0.29) is 29.4 Å². The van der Waals surface area contributed by atoms with Gasteiger partial charge in [-0.15, -0.1) is 5.10 Å². The summed E-state index contributed by atoms with van der Waals surface area (Å²) in [5, 5.41) is 16.5. The van der Waals surface area contributed by atoms with E-state index < -0.39 is 25.8 Å². The number of aromatic nitrogens is 6. The van der Waals surface area contributed by atoms with Crippen molar-refractivity contribution in [2.75, 3.05) is 11.9 Å². The zero-order valence-corrected chi connectivity index (χ0v) is 32.8. The van der Waals surface area contributed by atoms with E-state index in [4.69, 9.17) is 10.5 Å². The molecule has 2 aliphatic carbocycles. The topological polar surface area (TPSA) is 143 Å². The number of nitrogens with zero attached hydrogens (tertiary/aromatic N) is 6. The second-order valence-corrected chi connectivity index (χ2v) is 21.8. The molecule has 3 heterocycles. The molecule has 2 atom stereocenters. The van der Waals surface area contributed by atoms with Crippen LogP contribution in [0.2, 0.25) is 25.7 Å². The zero-order valence-electron chi connectivity index (χ0n) is 31.8. The van der Waals surface area contributed by atoms with E-state index in [1.165, 1.54) is 12.8 Å². The minimum absolute atomic E-state index is 0.0565. The maximum Gasteiger partial charge on any atom is 0.268 e. The van der Waals surface area contributed by atoms with Crippen LogP contribution in [-0.2, 0) is 16.3 Å². The van der Waals surface area contributed by atoms with E-state index in [2.05, 4.69) is 45.4 Å². The second kappa shape index (κ2) is 16.9. The molecular weight excluding hydrogens is 664 g/mol. The number of hydrogen-bond donors (Lipinski definition) is 2. The lowest BCUT2D eigenvalue weighted by molar-refractivity contribution is -0.120. The smallest absolute Gasteiger partial charge is 0.268 e. The summed E-state index contributed by atoms with van der Waals surface area (Å²) < 4.78 is 25.2. The third-order valence-electron chi connectivity index (χ3n) is 11.3. The number of rotatable bonds is 15. The van der Waals surface area contributed by atoms with Gasteiger partial charge in [-0.1, -0.05) is 96.0 Å². The Bertz CT molecular complexity index is 1640. The van der Waals surface area contributed by atoms with Crippen LogP contribution in [0, 0.1) is 37.5 Å². The molecule has 0 bridgehead atoms. The first-order valence-electron chi connectivity index (χ1n) is 19.1. The SMILES string of the molecule is CCC(C)n1nnc([C@@H](C(=O)Nc2ccc(-c3c(C)nn(COCC[Si](C)(C)C)c3C)c(F)n2)C(C2CCCCC2)C2CCCCC2)c1C(N)=O. The Labute approximate surface area is 303 Å². The number of nitrogens with two attached hydrogens (primary N) is 1. The number of amides is 2. The molecule has 0 aliphatic heterocycles. The van der Waals surface area contributed by atoms with Gasteiger partial charge in [-0.3, -0.25) is 9.59 Å². The Morgan fingerprint density at radius 3 is 2.22 bits per heavy atom. The van der Waals surface area contributed by atoms with Gasteiger partial charge in [0.1, 0.15) is 18.2 Å². The summed E-state index contributed by atoms with van der Waals surface area (Å²) in [7, 11) is -1.23. The Morgan fingerprint density at radius 2 is 1.67 bits per heavy atom. The number of carbonyl (C=O) groups excluding carboxylic acids is 2. The number of nitrogens with one attached hydrogen (secondary N) is 1. The van der Waals surface area contributed by atoms with Crippen molar-refractivity contribution in [3.05, 3.63) is 40.9 Å². The number of hydrogen-bond acceptors (Lipinski definition) is 7. The molecule has 1 unspecified atom stereocenters. The molecule has 3 aromatic rings. The Morgan fingerprint density at radius 1 is 1.04 bits per heavy atom. The minimum Gasteiger partial charge on any atom is -0.364 e. The highest BCUT2D eigenvalue weighted by atomic mass is 28.3. The van der Waals surface area contributed by atoms with Crippen LogP contribution < -0.4 is 11.1 Å². The summed E-state index contributed by atoms with van der Waals surface area (Å²) in [4.78, 5) is 32.0. The normalized spacial score (nSPS) is 17.5. The predicted molar refractivity (Wildman–Crippen MR) is 201 cm³/mol.